The fourth-order valence-electron chi connectivity index (χ4n) is 2.05. The van der Waals surface area contributed by atoms with Gasteiger partial charge in [0.25, 0.3) is 11.8 Å². The Labute approximate surface area is 150 Å². The van der Waals surface area contributed by atoms with Crippen LogP contribution in [0.4, 0.5) is 5.69 Å². The van der Waals surface area contributed by atoms with Crippen LogP contribution in [0, 0.1) is 0 Å². The number of halogens is 1. The van der Waals surface area contributed by atoms with Gasteiger partial charge in [-0.2, -0.15) is 0 Å². The molecule has 130 valence electrons. The molecule has 0 saturated heterocycles. The Kier molecular flexibility index (Phi) is 6.54. The Bertz CT molecular complexity index is 775. The fraction of sp³-hybridized carbons (Fsp3) is 0.167. The monoisotopic (exact) mass is 360 g/mol. The molecule has 0 radical (unpaired) electrons. The minimum absolute atomic E-state index is 0.0522. The third-order valence-corrected chi connectivity index (χ3v) is 3.51. The second-order valence-electron chi connectivity index (χ2n) is 5.17. The van der Waals surface area contributed by atoms with Gasteiger partial charge in [0.2, 0.25) is 0 Å². The van der Waals surface area contributed by atoms with Crippen molar-refractivity contribution >= 4 is 35.1 Å². The third-order valence-electron chi connectivity index (χ3n) is 3.26. The van der Waals surface area contributed by atoms with Gasteiger partial charge in [-0.15, -0.1) is 0 Å². The fourth-order valence-corrected chi connectivity index (χ4v) is 2.17. The van der Waals surface area contributed by atoms with E-state index < -0.39 is 18.5 Å². The van der Waals surface area contributed by atoms with Crippen molar-refractivity contribution in [2.24, 2.45) is 0 Å². The first-order valence-electron chi connectivity index (χ1n) is 7.50. The zero-order chi connectivity index (χ0) is 18.2. The van der Waals surface area contributed by atoms with E-state index in [4.69, 9.17) is 16.3 Å². The molecule has 6 nitrogen and oxygen atoms in total. The number of nitrogens with one attached hydrogen (secondary N) is 2. The van der Waals surface area contributed by atoms with Gasteiger partial charge >= 0.3 is 5.97 Å². The normalized spacial score (nSPS) is 10.0. The predicted molar refractivity (Wildman–Crippen MR) is 94.6 cm³/mol. The lowest BCUT2D eigenvalue weighted by Gasteiger charge is -2.08. The minimum Gasteiger partial charge on any atom is -0.455 e. The van der Waals surface area contributed by atoms with Crippen LogP contribution in [0.25, 0.3) is 0 Å². The number of carbonyl (C=O) groups excluding carboxylic acids is 3. The van der Waals surface area contributed by atoms with Gasteiger partial charge in [-0.3, -0.25) is 14.4 Å². The molecular weight excluding hydrogens is 344 g/mol. The summed E-state index contributed by atoms with van der Waals surface area (Å²) in [6.07, 6.45) is 0.0522. The van der Waals surface area contributed by atoms with Gasteiger partial charge in [0.1, 0.15) is 0 Å². The summed E-state index contributed by atoms with van der Waals surface area (Å²) in [4.78, 5) is 35.2. The molecular formula is C18H17ClN2O4. The molecule has 2 aromatic rings. The number of rotatable bonds is 6. The molecule has 0 saturated carbocycles. The van der Waals surface area contributed by atoms with E-state index in [2.05, 4.69) is 10.6 Å². The highest BCUT2D eigenvalue weighted by Gasteiger charge is 2.10. The molecule has 0 aromatic heterocycles. The Morgan fingerprint density at radius 1 is 1.08 bits per heavy atom. The van der Waals surface area contributed by atoms with Crippen LogP contribution in [0.1, 0.15) is 15.9 Å². The summed E-state index contributed by atoms with van der Waals surface area (Å²) in [6.45, 7) is -0.406. The lowest BCUT2D eigenvalue weighted by atomic mass is 10.1. The molecule has 2 rings (SSSR count). The second-order valence-corrected chi connectivity index (χ2v) is 5.61. The Morgan fingerprint density at radius 2 is 1.80 bits per heavy atom. The molecule has 0 aliphatic rings. The molecule has 2 aromatic carbocycles. The largest absolute Gasteiger partial charge is 0.455 e. The number of hydrogen-bond acceptors (Lipinski definition) is 4. The van der Waals surface area contributed by atoms with E-state index >= 15 is 0 Å². The smallest absolute Gasteiger partial charge is 0.310 e. The van der Waals surface area contributed by atoms with Crippen molar-refractivity contribution < 1.29 is 19.1 Å². The van der Waals surface area contributed by atoms with E-state index in [1.165, 1.54) is 13.1 Å². The summed E-state index contributed by atoms with van der Waals surface area (Å²) < 4.78 is 4.95. The Morgan fingerprint density at radius 3 is 2.48 bits per heavy atom. The molecule has 0 aliphatic heterocycles. The molecule has 25 heavy (non-hydrogen) atoms. The number of anilines is 1. The number of esters is 1. The summed E-state index contributed by atoms with van der Waals surface area (Å²) >= 11 is 5.77. The van der Waals surface area contributed by atoms with Crippen molar-refractivity contribution in [3.05, 3.63) is 64.7 Å². The quantitative estimate of drug-likeness (QED) is 0.775. The van der Waals surface area contributed by atoms with Gasteiger partial charge in [0.05, 0.1) is 6.42 Å². The van der Waals surface area contributed by atoms with Crippen LogP contribution in [-0.4, -0.2) is 31.4 Å². The molecule has 0 fully saturated rings. The summed E-state index contributed by atoms with van der Waals surface area (Å²) in [6, 6.07) is 13.2. The molecule has 2 N–H and O–H groups in total. The topological polar surface area (TPSA) is 84.5 Å². The molecule has 0 unspecified atom stereocenters. The Balaban J connectivity index is 1.83. The van der Waals surface area contributed by atoms with Gasteiger partial charge in [0.15, 0.2) is 6.61 Å². The van der Waals surface area contributed by atoms with Crippen LogP contribution in [0.15, 0.2) is 48.5 Å². The van der Waals surface area contributed by atoms with E-state index in [1.54, 1.807) is 42.5 Å². The van der Waals surface area contributed by atoms with E-state index in [9.17, 15) is 14.4 Å². The standard InChI is InChI=1S/C18H17ClN2O4/c1-20-18(24)13-3-2-4-15(10-13)21-16(22)11-25-17(23)9-12-5-7-14(19)8-6-12/h2-8,10H,9,11H2,1H3,(H,20,24)(H,21,22). The molecule has 0 aliphatic carbocycles. The molecule has 0 bridgehead atoms. The highest BCUT2D eigenvalue weighted by Crippen LogP contribution is 2.11. The van der Waals surface area contributed by atoms with Gasteiger partial charge < -0.3 is 15.4 Å². The van der Waals surface area contributed by atoms with Gasteiger partial charge in [-0.05, 0) is 35.9 Å². The zero-order valence-electron chi connectivity index (χ0n) is 13.5. The van der Waals surface area contributed by atoms with E-state index in [-0.39, 0.29) is 12.3 Å². The molecule has 0 heterocycles. The average Bonchev–Trinajstić information content (AvgIpc) is 2.61. The number of benzene rings is 2. The summed E-state index contributed by atoms with van der Waals surface area (Å²) in [5.41, 5.74) is 1.60. The van der Waals surface area contributed by atoms with Crippen LogP contribution in [-0.2, 0) is 20.7 Å². The lowest BCUT2D eigenvalue weighted by molar-refractivity contribution is -0.146. The number of carbonyl (C=O) groups is 3. The van der Waals surface area contributed by atoms with E-state index in [0.717, 1.165) is 5.56 Å². The molecule has 0 spiro atoms. The summed E-state index contributed by atoms with van der Waals surface area (Å²) in [5.74, 6) is -1.26. The maximum atomic E-state index is 11.9. The van der Waals surface area contributed by atoms with Crippen molar-refractivity contribution in [2.45, 2.75) is 6.42 Å². The first-order chi connectivity index (χ1) is 12.0. The summed E-state index contributed by atoms with van der Waals surface area (Å²) in [5, 5.41) is 5.65. The van der Waals surface area contributed by atoms with Crippen LogP contribution < -0.4 is 10.6 Å². The third kappa shape index (κ3) is 5.93. The first-order valence-corrected chi connectivity index (χ1v) is 7.88. The van der Waals surface area contributed by atoms with Crippen LogP contribution in [0.5, 0.6) is 0 Å². The van der Waals surface area contributed by atoms with Crippen molar-refractivity contribution in [1.82, 2.24) is 5.32 Å². The Hall–Kier alpha value is -2.86. The second kappa shape index (κ2) is 8.84. The minimum atomic E-state index is -0.517. The summed E-state index contributed by atoms with van der Waals surface area (Å²) in [7, 11) is 1.52. The number of amides is 2. The number of hydrogen-bond donors (Lipinski definition) is 2. The van der Waals surface area contributed by atoms with Crippen molar-refractivity contribution in [1.29, 1.82) is 0 Å². The highest BCUT2D eigenvalue weighted by atomic mass is 35.5. The van der Waals surface area contributed by atoms with Gasteiger partial charge in [0, 0.05) is 23.3 Å². The molecule has 7 heteroatoms. The lowest BCUT2D eigenvalue weighted by Crippen LogP contribution is -2.22. The maximum absolute atomic E-state index is 11.9. The van der Waals surface area contributed by atoms with Crippen LogP contribution >= 0.6 is 11.6 Å². The molecule has 2 amide bonds. The molecule has 0 atom stereocenters. The SMILES string of the molecule is CNC(=O)c1cccc(NC(=O)COC(=O)Cc2ccc(Cl)cc2)c1. The van der Waals surface area contributed by atoms with E-state index in [1.807, 2.05) is 0 Å². The van der Waals surface area contributed by atoms with Gasteiger partial charge in [-0.25, -0.2) is 0 Å². The zero-order valence-corrected chi connectivity index (χ0v) is 14.3. The van der Waals surface area contributed by atoms with Gasteiger partial charge in [-0.1, -0.05) is 29.8 Å². The average molecular weight is 361 g/mol. The van der Waals surface area contributed by atoms with E-state index in [0.29, 0.717) is 16.3 Å². The highest BCUT2D eigenvalue weighted by molar-refractivity contribution is 6.30. The van der Waals surface area contributed by atoms with Crippen molar-refractivity contribution in [2.75, 3.05) is 19.0 Å². The van der Waals surface area contributed by atoms with Crippen molar-refractivity contribution in [3.8, 4) is 0 Å². The maximum Gasteiger partial charge on any atom is 0.310 e. The van der Waals surface area contributed by atoms with Crippen LogP contribution in [0.2, 0.25) is 5.02 Å². The first kappa shape index (κ1) is 18.5. The predicted octanol–water partition coefficient (Wildman–Crippen LogP) is 2.42. The van der Waals surface area contributed by atoms with Crippen molar-refractivity contribution in [3.63, 3.8) is 0 Å². The number of ether oxygens (including phenoxy) is 1. The van der Waals surface area contributed by atoms with Crippen LogP contribution in [0.3, 0.4) is 0 Å².